The summed E-state index contributed by atoms with van der Waals surface area (Å²) in [5.41, 5.74) is 3.13. The molecule has 0 saturated carbocycles. The molecule has 6 nitrogen and oxygen atoms in total. The van der Waals surface area contributed by atoms with Gasteiger partial charge in [-0.25, -0.2) is 4.39 Å². The molecule has 2 aromatic carbocycles. The van der Waals surface area contributed by atoms with E-state index in [-0.39, 0.29) is 17.6 Å². The van der Waals surface area contributed by atoms with Crippen molar-refractivity contribution in [2.45, 2.75) is 12.8 Å². The van der Waals surface area contributed by atoms with E-state index in [9.17, 15) is 14.0 Å². The molecule has 29 heavy (non-hydrogen) atoms. The van der Waals surface area contributed by atoms with Gasteiger partial charge in [0.05, 0.1) is 11.4 Å². The molecule has 0 spiro atoms. The molecule has 2 heterocycles. The Morgan fingerprint density at radius 3 is 2.79 bits per heavy atom. The SMILES string of the molecule is CN1CCC(=O)Nc2cc(C(=O)NC[C@@H]3CCN(c4ccc(F)cc4)C3)ccc21. The third kappa shape index (κ3) is 4.34. The zero-order chi connectivity index (χ0) is 20.4. The van der Waals surface area contributed by atoms with E-state index >= 15 is 0 Å². The number of amides is 2. The van der Waals surface area contributed by atoms with Gasteiger partial charge in [0.15, 0.2) is 0 Å². The Morgan fingerprint density at radius 1 is 1.21 bits per heavy atom. The third-order valence-electron chi connectivity index (χ3n) is 5.65. The average Bonchev–Trinajstić information content (AvgIpc) is 3.14. The minimum Gasteiger partial charge on any atom is -0.372 e. The number of carbonyl (C=O) groups is 2. The molecule has 2 amide bonds. The first-order chi connectivity index (χ1) is 14.0. The maximum absolute atomic E-state index is 13.1. The summed E-state index contributed by atoms with van der Waals surface area (Å²) >= 11 is 0. The molecule has 1 saturated heterocycles. The summed E-state index contributed by atoms with van der Waals surface area (Å²) < 4.78 is 13.1. The first-order valence-electron chi connectivity index (χ1n) is 9.93. The number of nitrogens with zero attached hydrogens (tertiary/aromatic N) is 2. The molecule has 0 aliphatic carbocycles. The molecule has 0 unspecified atom stereocenters. The van der Waals surface area contributed by atoms with E-state index in [1.54, 1.807) is 24.3 Å². The number of rotatable bonds is 4. The number of nitrogens with one attached hydrogen (secondary N) is 2. The largest absolute Gasteiger partial charge is 0.372 e. The molecule has 152 valence electrons. The minimum absolute atomic E-state index is 0.0417. The van der Waals surface area contributed by atoms with Gasteiger partial charge in [-0.2, -0.15) is 0 Å². The monoisotopic (exact) mass is 396 g/mol. The van der Waals surface area contributed by atoms with Crippen LogP contribution in [0, 0.1) is 11.7 Å². The van der Waals surface area contributed by atoms with Gasteiger partial charge in [0, 0.05) is 50.9 Å². The lowest BCUT2D eigenvalue weighted by Gasteiger charge is -2.19. The lowest BCUT2D eigenvalue weighted by Crippen LogP contribution is -2.31. The van der Waals surface area contributed by atoms with E-state index in [4.69, 9.17) is 0 Å². The number of anilines is 3. The van der Waals surface area contributed by atoms with Crippen LogP contribution in [0.1, 0.15) is 23.2 Å². The molecule has 0 aromatic heterocycles. The summed E-state index contributed by atoms with van der Waals surface area (Å²) in [4.78, 5) is 28.7. The standard InChI is InChI=1S/C22H25FN4O2/c1-26-10-9-21(28)25-19-12-16(2-7-20(19)26)22(29)24-13-15-8-11-27(14-15)18-5-3-17(23)4-6-18/h2-7,12,15H,8-11,13-14H2,1H3,(H,24,29)(H,25,28)/t15-/m0/s1. The first-order valence-corrected chi connectivity index (χ1v) is 9.93. The summed E-state index contributed by atoms with van der Waals surface area (Å²) in [7, 11) is 1.94. The van der Waals surface area contributed by atoms with Gasteiger partial charge in [0.2, 0.25) is 5.91 Å². The normalized spacial score (nSPS) is 18.8. The van der Waals surface area contributed by atoms with E-state index in [2.05, 4.69) is 15.5 Å². The van der Waals surface area contributed by atoms with E-state index in [1.165, 1.54) is 12.1 Å². The second-order valence-corrected chi connectivity index (χ2v) is 7.74. The molecule has 4 rings (SSSR count). The van der Waals surface area contributed by atoms with Crippen LogP contribution >= 0.6 is 0 Å². The Labute approximate surface area is 169 Å². The fraction of sp³-hybridized carbons (Fsp3) is 0.364. The molecule has 2 N–H and O–H groups in total. The van der Waals surface area contributed by atoms with Gasteiger partial charge >= 0.3 is 0 Å². The predicted octanol–water partition coefficient (Wildman–Crippen LogP) is 2.86. The second kappa shape index (κ2) is 8.11. The van der Waals surface area contributed by atoms with Crippen LogP contribution in [-0.4, -0.2) is 45.0 Å². The zero-order valence-electron chi connectivity index (χ0n) is 16.5. The highest BCUT2D eigenvalue weighted by Gasteiger charge is 2.24. The van der Waals surface area contributed by atoms with Gasteiger partial charge < -0.3 is 20.4 Å². The number of fused-ring (bicyclic) bond motifs is 1. The number of hydrogen-bond acceptors (Lipinski definition) is 4. The molecular weight excluding hydrogens is 371 g/mol. The smallest absolute Gasteiger partial charge is 0.251 e. The summed E-state index contributed by atoms with van der Waals surface area (Å²) in [5, 5.41) is 5.89. The summed E-state index contributed by atoms with van der Waals surface area (Å²) in [5.74, 6) is -0.0789. The Hall–Kier alpha value is -3.09. The summed E-state index contributed by atoms with van der Waals surface area (Å²) in [6, 6.07) is 11.9. The van der Waals surface area contributed by atoms with Crippen molar-refractivity contribution in [2.24, 2.45) is 5.92 Å². The van der Waals surface area contributed by atoms with Crippen LogP contribution in [0.5, 0.6) is 0 Å². The van der Waals surface area contributed by atoms with Crippen molar-refractivity contribution in [3.8, 4) is 0 Å². The summed E-state index contributed by atoms with van der Waals surface area (Å²) in [6.07, 6.45) is 1.40. The average molecular weight is 396 g/mol. The Balaban J connectivity index is 1.35. The van der Waals surface area contributed by atoms with Crippen LogP contribution in [-0.2, 0) is 4.79 Å². The van der Waals surface area contributed by atoms with E-state index < -0.39 is 0 Å². The number of benzene rings is 2. The third-order valence-corrected chi connectivity index (χ3v) is 5.65. The van der Waals surface area contributed by atoms with Gasteiger partial charge in [0.1, 0.15) is 5.82 Å². The molecule has 0 bridgehead atoms. The van der Waals surface area contributed by atoms with Crippen molar-refractivity contribution < 1.29 is 14.0 Å². The Morgan fingerprint density at radius 2 is 2.00 bits per heavy atom. The van der Waals surface area contributed by atoms with Crippen molar-refractivity contribution in [2.75, 3.05) is 48.3 Å². The molecule has 0 radical (unpaired) electrons. The second-order valence-electron chi connectivity index (χ2n) is 7.74. The molecular formula is C22H25FN4O2. The fourth-order valence-electron chi connectivity index (χ4n) is 3.94. The minimum atomic E-state index is -0.236. The van der Waals surface area contributed by atoms with Crippen molar-refractivity contribution >= 4 is 28.9 Å². The molecule has 1 fully saturated rings. The van der Waals surface area contributed by atoms with Gasteiger partial charge in [0.25, 0.3) is 5.91 Å². The lowest BCUT2D eigenvalue weighted by molar-refractivity contribution is -0.115. The van der Waals surface area contributed by atoms with E-state index in [0.717, 1.165) is 30.9 Å². The zero-order valence-corrected chi connectivity index (χ0v) is 16.5. The van der Waals surface area contributed by atoms with Crippen molar-refractivity contribution in [1.29, 1.82) is 0 Å². The van der Waals surface area contributed by atoms with Gasteiger partial charge in [-0.1, -0.05) is 0 Å². The van der Waals surface area contributed by atoms with Crippen LogP contribution in [0.15, 0.2) is 42.5 Å². The molecule has 2 aliphatic heterocycles. The lowest BCUT2D eigenvalue weighted by atomic mass is 10.1. The maximum Gasteiger partial charge on any atom is 0.251 e. The Kier molecular flexibility index (Phi) is 5.38. The molecule has 7 heteroatoms. The molecule has 2 aliphatic rings. The van der Waals surface area contributed by atoms with Crippen molar-refractivity contribution in [1.82, 2.24) is 5.32 Å². The Bertz CT molecular complexity index is 916. The van der Waals surface area contributed by atoms with E-state index in [1.807, 2.05) is 18.0 Å². The van der Waals surface area contributed by atoms with Crippen LogP contribution in [0.4, 0.5) is 21.5 Å². The fourth-order valence-corrected chi connectivity index (χ4v) is 3.94. The predicted molar refractivity (Wildman–Crippen MR) is 112 cm³/mol. The van der Waals surface area contributed by atoms with Crippen molar-refractivity contribution in [3.63, 3.8) is 0 Å². The van der Waals surface area contributed by atoms with Gasteiger partial charge in [-0.3, -0.25) is 9.59 Å². The highest BCUT2D eigenvalue weighted by atomic mass is 19.1. The molecule has 1 atom stereocenters. The number of hydrogen-bond donors (Lipinski definition) is 2. The highest BCUT2D eigenvalue weighted by molar-refractivity contribution is 6.00. The van der Waals surface area contributed by atoms with Gasteiger partial charge in [-0.05, 0) is 54.8 Å². The highest BCUT2D eigenvalue weighted by Crippen LogP contribution is 2.29. The quantitative estimate of drug-likeness (QED) is 0.834. The summed E-state index contributed by atoms with van der Waals surface area (Å²) in [6.45, 7) is 2.96. The maximum atomic E-state index is 13.1. The van der Waals surface area contributed by atoms with Crippen LogP contribution in [0.25, 0.3) is 0 Å². The first kappa shape index (κ1) is 19.2. The topological polar surface area (TPSA) is 64.7 Å². The van der Waals surface area contributed by atoms with Crippen LogP contribution in [0.2, 0.25) is 0 Å². The van der Waals surface area contributed by atoms with Gasteiger partial charge in [-0.15, -0.1) is 0 Å². The molecule has 2 aromatic rings. The number of carbonyl (C=O) groups excluding carboxylic acids is 2. The van der Waals surface area contributed by atoms with Crippen LogP contribution < -0.4 is 20.4 Å². The van der Waals surface area contributed by atoms with E-state index in [0.29, 0.717) is 36.7 Å². The number of halogens is 1. The van der Waals surface area contributed by atoms with Crippen LogP contribution in [0.3, 0.4) is 0 Å². The van der Waals surface area contributed by atoms with Crippen molar-refractivity contribution in [3.05, 3.63) is 53.8 Å².